The first-order chi connectivity index (χ1) is 11.9. The third-order valence-corrected chi connectivity index (χ3v) is 4.36. The van der Waals surface area contributed by atoms with Gasteiger partial charge in [0, 0.05) is 13.6 Å². The number of fused-ring (bicyclic) bond motifs is 1. The van der Waals surface area contributed by atoms with Crippen LogP contribution >= 0.6 is 0 Å². The molecular weight excluding hydrogens is 320 g/mol. The van der Waals surface area contributed by atoms with Gasteiger partial charge < -0.3 is 4.74 Å². The number of rotatable bonds is 4. The Hall–Kier alpha value is -2.96. The van der Waals surface area contributed by atoms with Gasteiger partial charge in [-0.15, -0.1) is 0 Å². The molecule has 130 valence electrons. The minimum atomic E-state index is -0.380. The molecule has 3 aromatic rings. The van der Waals surface area contributed by atoms with Crippen LogP contribution in [0, 0.1) is 20.8 Å². The van der Waals surface area contributed by atoms with Gasteiger partial charge in [0.2, 0.25) is 0 Å². The molecule has 2 heterocycles. The molecular formula is C18H20N4O3. The number of carbonyl (C=O) groups excluding carboxylic acids is 1. The van der Waals surface area contributed by atoms with Gasteiger partial charge in [-0.05, 0) is 37.5 Å². The summed E-state index contributed by atoms with van der Waals surface area (Å²) in [5.41, 5.74) is 3.23. The first-order valence-electron chi connectivity index (χ1n) is 8.03. The van der Waals surface area contributed by atoms with E-state index in [0.717, 1.165) is 16.7 Å². The zero-order chi connectivity index (χ0) is 18.1. The van der Waals surface area contributed by atoms with Crippen LogP contribution in [0.4, 0.5) is 0 Å². The molecule has 0 bridgehead atoms. The zero-order valence-electron chi connectivity index (χ0n) is 14.7. The molecule has 0 aliphatic carbocycles. The van der Waals surface area contributed by atoms with E-state index in [9.17, 15) is 9.59 Å². The van der Waals surface area contributed by atoms with Crippen LogP contribution in [0.15, 0.2) is 29.5 Å². The second-order valence-corrected chi connectivity index (χ2v) is 6.13. The SMILES string of the molecule is Cc1ccc(C)c(OC(=O)CCn2cnc3c(cnn3C)c2=O)c1C. The van der Waals surface area contributed by atoms with Crippen LogP contribution in [0.3, 0.4) is 0 Å². The third-order valence-electron chi connectivity index (χ3n) is 4.36. The number of nitrogens with zero attached hydrogens (tertiary/aromatic N) is 4. The molecule has 0 spiro atoms. The fourth-order valence-electron chi connectivity index (χ4n) is 2.69. The van der Waals surface area contributed by atoms with Crippen LogP contribution in [0.1, 0.15) is 23.1 Å². The van der Waals surface area contributed by atoms with Crippen molar-refractivity contribution < 1.29 is 9.53 Å². The molecule has 0 aliphatic rings. The molecule has 3 rings (SSSR count). The van der Waals surface area contributed by atoms with Gasteiger partial charge in [-0.1, -0.05) is 12.1 Å². The highest BCUT2D eigenvalue weighted by atomic mass is 16.5. The zero-order valence-corrected chi connectivity index (χ0v) is 14.7. The number of hydrogen-bond acceptors (Lipinski definition) is 5. The maximum atomic E-state index is 12.4. The number of carbonyl (C=O) groups is 1. The van der Waals surface area contributed by atoms with E-state index in [1.54, 1.807) is 11.7 Å². The molecule has 0 atom stereocenters. The molecule has 0 unspecified atom stereocenters. The summed E-state index contributed by atoms with van der Waals surface area (Å²) in [6.07, 6.45) is 3.00. The Bertz CT molecular complexity index is 1020. The normalized spacial score (nSPS) is 11.0. The first kappa shape index (κ1) is 16.9. The van der Waals surface area contributed by atoms with Crippen molar-refractivity contribution >= 4 is 17.0 Å². The van der Waals surface area contributed by atoms with E-state index in [-0.39, 0.29) is 24.5 Å². The molecule has 0 radical (unpaired) electrons. The first-order valence-corrected chi connectivity index (χ1v) is 8.03. The molecule has 7 nitrogen and oxygen atoms in total. The van der Waals surface area contributed by atoms with E-state index in [4.69, 9.17) is 4.74 Å². The Morgan fingerprint density at radius 3 is 2.68 bits per heavy atom. The molecule has 0 fully saturated rings. The van der Waals surface area contributed by atoms with Crippen LogP contribution in [-0.2, 0) is 18.4 Å². The van der Waals surface area contributed by atoms with Crippen molar-refractivity contribution in [2.75, 3.05) is 0 Å². The molecule has 0 N–H and O–H groups in total. The van der Waals surface area contributed by atoms with Gasteiger partial charge in [0.15, 0.2) is 5.65 Å². The van der Waals surface area contributed by atoms with E-state index >= 15 is 0 Å². The Balaban J connectivity index is 1.74. The fourth-order valence-corrected chi connectivity index (χ4v) is 2.69. The van der Waals surface area contributed by atoms with E-state index in [2.05, 4.69) is 10.1 Å². The highest BCUT2D eigenvalue weighted by Gasteiger charge is 2.13. The maximum Gasteiger partial charge on any atom is 0.313 e. The van der Waals surface area contributed by atoms with Crippen molar-refractivity contribution in [2.24, 2.45) is 7.05 Å². The summed E-state index contributed by atoms with van der Waals surface area (Å²) in [5.74, 6) is 0.216. The number of esters is 1. The molecule has 0 aliphatic heterocycles. The van der Waals surface area contributed by atoms with Gasteiger partial charge in [0.25, 0.3) is 5.56 Å². The largest absolute Gasteiger partial charge is 0.426 e. The van der Waals surface area contributed by atoms with Crippen LogP contribution in [0.25, 0.3) is 11.0 Å². The minimum Gasteiger partial charge on any atom is -0.426 e. The number of hydrogen-bond donors (Lipinski definition) is 0. The quantitative estimate of drug-likeness (QED) is 0.536. The summed E-state index contributed by atoms with van der Waals surface area (Å²) >= 11 is 0. The van der Waals surface area contributed by atoms with Crippen LogP contribution in [0.2, 0.25) is 0 Å². The van der Waals surface area contributed by atoms with E-state index < -0.39 is 0 Å². The lowest BCUT2D eigenvalue weighted by molar-refractivity contribution is -0.134. The average molecular weight is 340 g/mol. The van der Waals surface area contributed by atoms with Crippen LogP contribution in [0.5, 0.6) is 5.75 Å². The van der Waals surface area contributed by atoms with Crippen LogP contribution < -0.4 is 10.3 Å². The minimum absolute atomic E-state index is 0.0835. The van der Waals surface area contributed by atoms with Gasteiger partial charge >= 0.3 is 5.97 Å². The Morgan fingerprint density at radius 2 is 1.92 bits per heavy atom. The number of ether oxygens (including phenoxy) is 1. The fraction of sp³-hybridized carbons (Fsp3) is 0.333. The van der Waals surface area contributed by atoms with E-state index in [0.29, 0.717) is 16.8 Å². The highest BCUT2D eigenvalue weighted by Crippen LogP contribution is 2.26. The summed E-state index contributed by atoms with van der Waals surface area (Å²) in [5, 5.41) is 4.46. The second kappa shape index (κ2) is 6.51. The number of benzene rings is 1. The van der Waals surface area contributed by atoms with Crippen molar-refractivity contribution in [3.63, 3.8) is 0 Å². The van der Waals surface area contributed by atoms with Gasteiger partial charge in [0.1, 0.15) is 11.1 Å². The second-order valence-electron chi connectivity index (χ2n) is 6.13. The maximum absolute atomic E-state index is 12.4. The third kappa shape index (κ3) is 3.17. The van der Waals surface area contributed by atoms with Gasteiger partial charge in [-0.25, -0.2) is 4.98 Å². The summed E-state index contributed by atoms with van der Waals surface area (Å²) in [4.78, 5) is 28.8. The molecule has 0 saturated carbocycles. The molecule has 2 aromatic heterocycles. The smallest absolute Gasteiger partial charge is 0.313 e. The summed E-state index contributed by atoms with van der Waals surface area (Å²) in [7, 11) is 1.73. The van der Waals surface area contributed by atoms with Crippen molar-refractivity contribution in [3.8, 4) is 5.75 Å². The van der Waals surface area contributed by atoms with Crippen molar-refractivity contribution in [3.05, 3.63) is 51.7 Å². The topological polar surface area (TPSA) is 79.0 Å². The summed E-state index contributed by atoms with van der Waals surface area (Å²) < 4.78 is 8.46. The van der Waals surface area contributed by atoms with Crippen molar-refractivity contribution in [2.45, 2.75) is 33.7 Å². The number of aromatic nitrogens is 4. The molecule has 0 saturated heterocycles. The lowest BCUT2D eigenvalue weighted by Crippen LogP contribution is -2.23. The van der Waals surface area contributed by atoms with Gasteiger partial charge in [-0.2, -0.15) is 5.10 Å². The van der Waals surface area contributed by atoms with Gasteiger partial charge in [-0.3, -0.25) is 18.8 Å². The predicted octanol–water partition coefficient (Wildman–Crippen LogP) is 2.05. The van der Waals surface area contributed by atoms with Crippen molar-refractivity contribution in [1.82, 2.24) is 19.3 Å². The number of aryl methyl sites for hydroxylation is 4. The van der Waals surface area contributed by atoms with Gasteiger partial charge in [0.05, 0.1) is 18.9 Å². The van der Waals surface area contributed by atoms with Crippen molar-refractivity contribution in [1.29, 1.82) is 0 Å². The standard InChI is InChI=1S/C18H20N4O3/c1-11-5-6-12(2)16(13(11)3)25-15(23)7-8-22-10-19-17-14(18(22)24)9-20-21(17)4/h5-6,9-10H,7-8H2,1-4H3. The Morgan fingerprint density at radius 1 is 1.20 bits per heavy atom. The van der Waals surface area contributed by atoms with E-state index in [1.807, 2.05) is 32.9 Å². The molecule has 1 aromatic carbocycles. The molecule has 7 heteroatoms. The highest BCUT2D eigenvalue weighted by molar-refractivity contribution is 5.74. The summed E-state index contributed by atoms with van der Waals surface area (Å²) in [6, 6.07) is 3.92. The monoisotopic (exact) mass is 340 g/mol. The Labute approximate surface area is 144 Å². The lowest BCUT2D eigenvalue weighted by atomic mass is 10.1. The average Bonchev–Trinajstić information content (AvgIpc) is 2.96. The van der Waals surface area contributed by atoms with Crippen LogP contribution in [-0.4, -0.2) is 25.3 Å². The molecule has 25 heavy (non-hydrogen) atoms. The lowest BCUT2D eigenvalue weighted by Gasteiger charge is -2.12. The molecule has 0 amide bonds. The van der Waals surface area contributed by atoms with E-state index in [1.165, 1.54) is 17.1 Å². The predicted molar refractivity (Wildman–Crippen MR) is 93.7 cm³/mol. The summed E-state index contributed by atoms with van der Waals surface area (Å²) in [6.45, 7) is 6.01. The Kier molecular flexibility index (Phi) is 4.39.